The molecule has 0 aromatic heterocycles. The molecule has 1 amide bonds. The molecule has 0 fully saturated rings. The van der Waals surface area contributed by atoms with Gasteiger partial charge >= 0.3 is 0 Å². The molecule has 0 aromatic carbocycles. The Balaban J connectivity index is 4.45. The number of amides is 1. The van der Waals surface area contributed by atoms with E-state index in [0.29, 0.717) is 17.4 Å². The van der Waals surface area contributed by atoms with Gasteiger partial charge in [0.25, 0.3) is 7.82 Å². The molecule has 0 aliphatic heterocycles. The molecular formula is C50H95N2O6P. The summed E-state index contributed by atoms with van der Waals surface area (Å²) >= 11 is 0. The number of hydrogen-bond acceptors (Lipinski definition) is 6. The van der Waals surface area contributed by atoms with Crippen LogP contribution in [0.4, 0.5) is 0 Å². The van der Waals surface area contributed by atoms with E-state index >= 15 is 0 Å². The molecule has 0 aliphatic carbocycles. The van der Waals surface area contributed by atoms with Gasteiger partial charge in [-0.3, -0.25) is 9.36 Å². The van der Waals surface area contributed by atoms with Gasteiger partial charge in [-0.05, 0) is 70.6 Å². The van der Waals surface area contributed by atoms with Gasteiger partial charge in [-0.25, -0.2) is 0 Å². The predicted octanol–water partition coefficient (Wildman–Crippen LogP) is 13.4. The van der Waals surface area contributed by atoms with Crippen LogP contribution >= 0.6 is 7.82 Å². The second-order valence-corrected chi connectivity index (χ2v) is 19.2. The molecule has 3 atom stereocenters. The first-order valence-electron chi connectivity index (χ1n) is 24.5. The molecule has 0 aliphatic rings. The number of aliphatic hydroxyl groups excluding tert-OH is 1. The number of aliphatic hydroxyl groups is 1. The molecular weight excluding hydrogens is 756 g/mol. The van der Waals surface area contributed by atoms with Crippen molar-refractivity contribution < 1.29 is 32.9 Å². The summed E-state index contributed by atoms with van der Waals surface area (Å²) in [7, 11) is 1.23. The average molecular weight is 851 g/mol. The highest BCUT2D eigenvalue weighted by Gasteiger charge is 2.23. The van der Waals surface area contributed by atoms with E-state index in [1.165, 1.54) is 128 Å². The Kier molecular flexibility index (Phi) is 40.7. The van der Waals surface area contributed by atoms with Crippen LogP contribution in [0.25, 0.3) is 0 Å². The molecule has 3 unspecified atom stereocenters. The van der Waals surface area contributed by atoms with Crippen molar-refractivity contribution in [3.8, 4) is 0 Å². The summed E-state index contributed by atoms with van der Waals surface area (Å²) < 4.78 is 23.2. The van der Waals surface area contributed by atoms with Crippen LogP contribution in [-0.4, -0.2) is 68.5 Å². The van der Waals surface area contributed by atoms with Crippen molar-refractivity contribution in [2.75, 3.05) is 40.9 Å². The first kappa shape index (κ1) is 57.5. The average Bonchev–Trinajstić information content (AvgIpc) is 3.19. The molecule has 0 saturated heterocycles. The largest absolute Gasteiger partial charge is 0.756 e. The fraction of sp³-hybridized carbons (Fsp3) is 0.820. The molecule has 59 heavy (non-hydrogen) atoms. The van der Waals surface area contributed by atoms with Crippen molar-refractivity contribution in [1.82, 2.24) is 5.32 Å². The van der Waals surface area contributed by atoms with Crippen LogP contribution in [0.2, 0.25) is 0 Å². The fourth-order valence-corrected chi connectivity index (χ4v) is 7.55. The Morgan fingerprint density at radius 2 is 0.949 bits per heavy atom. The Hall–Kier alpha value is -1.54. The predicted molar refractivity (Wildman–Crippen MR) is 251 cm³/mol. The first-order valence-corrected chi connectivity index (χ1v) is 26.0. The van der Waals surface area contributed by atoms with Gasteiger partial charge < -0.3 is 28.8 Å². The number of phosphoric ester groups is 1. The molecule has 8 nitrogen and oxygen atoms in total. The van der Waals surface area contributed by atoms with Gasteiger partial charge in [0.05, 0.1) is 39.9 Å². The normalized spacial score (nSPS) is 14.6. The molecule has 2 N–H and O–H groups in total. The standard InChI is InChI=1S/C50H95N2O6P/c1-6-8-10-12-14-16-18-20-22-24-26-27-29-31-33-35-37-39-41-43-49(53)48(47-58-59(55,56)57-46-45-52(3,4)5)51-50(54)44-42-40-38-36-34-32-30-28-25-23-21-19-17-15-13-11-9-7-2/h26-28,30,33,35,41,43,48-49,53H,6-25,29,31-32,34,36-40,42,44-47H2,1-5H3,(H-,51,54,55,56)/b27-26+,30-28-,35-33+,43-41+. The van der Waals surface area contributed by atoms with E-state index in [0.717, 1.165) is 64.2 Å². The monoisotopic (exact) mass is 851 g/mol. The maximum Gasteiger partial charge on any atom is 0.268 e. The zero-order valence-electron chi connectivity index (χ0n) is 39.2. The molecule has 0 spiro atoms. The summed E-state index contributed by atoms with van der Waals surface area (Å²) in [4.78, 5) is 25.4. The number of unbranched alkanes of at least 4 members (excludes halogenated alkanes) is 25. The van der Waals surface area contributed by atoms with Crippen molar-refractivity contribution >= 4 is 13.7 Å². The SMILES string of the molecule is CCCCCCCCCCC/C=C\CCCCCCCC(=O)NC(COP(=O)([O-])OCC[N+](C)(C)C)C(O)/C=C/CC/C=C/CC/C=C/CCCCCCCCCCC. The van der Waals surface area contributed by atoms with E-state index in [9.17, 15) is 19.4 Å². The van der Waals surface area contributed by atoms with Crippen molar-refractivity contribution in [2.24, 2.45) is 0 Å². The third-order valence-electron chi connectivity index (χ3n) is 10.7. The van der Waals surface area contributed by atoms with E-state index in [1.807, 2.05) is 27.2 Å². The van der Waals surface area contributed by atoms with Crippen LogP contribution in [0, 0.1) is 0 Å². The van der Waals surface area contributed by atoms with Gasteiger partial charge in [-0.15, -0.1) is 0 Å². The molecule has 0 aromatic rings. The molecule has 0 heterocycles. The van der Waals surface area contributed by atoms with Gasteiger partial charge in [0.2, 0.25) is 5.91 Å². The summed E-state index contributed by atoms with van der Waals surface area (Å²) in [6.45, 7) is 4.61. The topological polar surface area (TPSA) is 108 Å². The van der Waals surface area contributed by atoms with Crippen molar-refractivity contribution in [3.05, 3.63) is 48.6 Å². The lowest BCUT2D eigenvalue weighted by atomic mass is 10.1. The third-order valence-corrected chi connectivity index (χ3v) is 11.7. The number of nitrogens with zero attached hydrogens (tertiary/aromatic N) is 1. The van der Waals surface area contributed by atoms with Crippen molar-refractivity contribution in [3.63, 3.8) is 0 Å². The highest BCUT2D eigenvalue weighted by molar-refractivity contribution is 7.45. The summed E-state index contributed by atoms with van der Waals surface area (Å²) in [6.07, 6.45) is 53.1. The smallest absolute Gasteiger partial charge is 0.268 e. The molecule has 0 rings (SSSR count). The molecule has 0 radical (unpaired) electrons. The fourth-order valence-electron chi connectivity index (χ4n) is 6.83. The van der Waals surface area contributed by atoms with E-state index < -0.39 is 26.6 Å². The van der Waals surface area contributed by atoms with Gasteiger partial charge in [0.1, 0.15) is 13.2 Å². The van der Waals surface area contributed by atoms with Crippen LogP contribution in [0.3, 0.4) is 0 Å². The number of carbonyl (C=O) groups excluding carboxylic acids is 1. The Labute approximate surface area is 365 Å². The van der Waals surface area contributed by atoms with Crippen LogP contribution in [0.1, 0.15) is 213 Å². The van der Waals surface area contributed by atoms with E-state index in [-0.39, 0.29) is 12.5 Å². The highest BCUT2D eigenvalue weighted by atomic mass is 31.2. The first-order chi connectivity index (χ1) is 28.5. The van der Waals surface area contributed by atoms with Gasteiger partial charge in [-0.1, -0.05) is 184 Å². The van der Waals surface area contributed by atoms with Gasteiger partial charge in [0, 0.05) is 6.42 Å². The minimum atomic E-state index is -4.60. The summed E-state index contributed by atoms with van der Waals surface area (Å²) in [6, 6.07) is -0.914. The summed E-state index contributed by atoms with van der Waals surface area (Å²) in [5.74, 6) is -0.220. The number of quaternary nitrogens is 1. The maximum absolute atomic E-state index is 12.9. The van der Waals surface area contributed by atoms with Crippen molar-refractivity contribution in [1.29, 1.82) is 0 Å². The summed E-state index contributed by atoms with van der Waals surface area (Å²) in [5.41, 5.74) is 0. The highest BCUT2D eigenvalue weighted by Crippen LogP contribution is 2.38. The number of phosphoric acid groups is 1. The lowest BCUT2D eigenvalue weighted by molar-refractivity contribution is -0.870. The Morgan fingerprint density at radius 3 is 1.37 bits per heavy atom. The van der Waals surface area contributed by atoms with Crippen LogP contribution in [0.15, 0.2) is 48.6 Å². The molecule has 0 bridgehead atoms. The zero-order valence-corrected chi connectivity index (χ0v) is 40.1. The molecule has 9 heteroatoms. The second-order valence-electron chi connectivity index (χ2n) is 17.8. The van der Waals surface area contributed by atoms with Crippen LogP contribution < -0.4 is 10.2 Å². The number of allylic oxidation sites excluding steroid dienone is 7. The van der Waals surface area contributed by atoms with Crippen molar-refractivity contribution in [2.45, 2.75) is 225 Å². The minimum Gasteiger partial charge on any atom is -0.756 e. The number of nitrogens with one attached hydrogen (secondary N) is 1. The second kappa shape index (κ2) is 41.8. The van der Waals surface area contributed by atoms with E-state index in [1.54, 1.807) is 6.08 Å². The Bertz CT molecular complexity index is 1100. The lowest BCUT2D eigenvalue weighted by Crippen LogP contribution is -2.45. The summed E-state index contributed by atoms with van der Waals surface area (Å²) in [5, 5.41) is 13.8. The number of carbonyl (C=O) groups is 1. The number of likely N-dealkylation sites (N-methyl/N-ethyl adjacent to an activating group) is 1. The molecule has 0 saturated carbocycles. The maximum atomic E-state index is 12.9. The zero-order chi connectivity index (χ0) is 43.6. The van der Waals surface area contributed by atoms with Crippen LogP contribution in [-0.2, 0) is 18.4 Å². The molecule has 346 valence electrons. The quantitative estimate of drug-likeness (QED) is 0.0274. The number of rotatable bonds is 44. The Morgan fingerprint density at radius 1 is 0.576 bits per heavy atom. The number of hydrogen-bond donors (Lipinski definition) is 2. The minimum absolute atomic E-state index is 0.0113. The van der Waals surface area contributed by atoms with E-state index in [4.69, 9.17) is 9.05 Å². The lowest BCUT2D eigenvalue weighted by Gasteiger charge is -2.29. The van der Waals surface area contributed by atoms with E-state index in [2.05, 4.69) is 55.6 Å². The van der Waals surface area contributed by atoms with Gasteiger partial charge in [0.15, 0.2) is 0 Å². The van der Waals surface area contributed by atoms with Crippen LogP contribution in [0.5, 0.6) is 0 Å². The van der Waals surface area contributed by atoms with Gasteiger partial charge in [-0.2, -0.15) is 0 Å². The third kappa shape index (κ3) is 44.3.